The lowest BCUT2D eigenvalue weighted by Gasteiger charge is -2.20. The van der Waals surface area contributed by atoms with Gasteiger partial charge in [-0.05, 0) is 12.1 Å². The van der Waals surface area contributed by atoms with Crippen molar-refractivity contribution < 1.29 is 14.3 Å². The number of fused-ring (bicyclic) bond motifs is 1. The van der Waals surface area contributed by atoms with Gasteiger partial charge in [-0.1, -0.05) is 0 Å². The molecule has 0 radical (unpaired) electrons. The van der Waals surface area contributed by atoms with Crippen LogP contribution in [0.2, 0.25) is 0 Å². The van der Waals surface area contributed by atoms with Crippen molar-refractivity contribution in [2.75, 3.05) is 19.0 Å². The topological polar surface area (TPSA) is 73.6 Å². The highest BCUT2D eigenvalue weighted by atomic mass is 16.5. The predicted octanol–water partition coefficient (Wildman–Crippen LogP) is 0.744. The Labute approximate surface area is 93.5 Å². The van der Waals surface area contributed by atoms with Crippen LogP contribution >= 0.6 is 0 Å². The van der Waals surface area contributed by atoms with E-state index < -0.39 is 6.04 Å². The first-order chi connectivity index (χ1) is 7.70. The third-order valence-corrected chi connectivity index (χ3v) is 2.47. The fourth-order valence-electron chi connectivity index (χ4n) is 1.51. The van der Waals surface area contributed by atoms with E-state index in [1.54, 1.807) is 25.3 Å². The number of hydrogen-bond donors (Lipinski definition) is 2. The molecule has 1 aromatic rings. The molecular weight excluding hydrogens is 208 g/mol. The Balaban J connectivity index is 2.32. The van der Waals surface area contributed by atoms with Gasteiger partial charge in [0.25, 0.3) is 0 Å². The maximum atomic E-state index is 11.6. The van der Waals surface area contributed by atoms with Crippen LogP contribution in [-0.4, -0.2) is 25.7 Å². The lowest BCUT2D eigenvalue weighted by Crippen LogP contribution is -2.38. The summed E-state index contributed by atoms with van der Waals surface area (Å²) in [7, 11) is 1.57. The number of benzene rings is 1. The smallest absolute Gasteiger partial charge is 0.241 e. The molecule has 5 nitrogen and oxygen atoms in total. The van der Waals surface area contributed by atoms with E-state index in [2.05, 4.69) is 5.32 Å². The van der Waals surface area contributed by atoms with Crippen molar-refractivity contribution in [3.05, 3.63) is 18.2 Å². The summed E-state index contributed by atoms with van der Waals surface area (Å²) in [6.07, 6.45) is 0.511. The number of ether oxygens (including phenoxy) is 2. The van der Waals surface area contributed by atoms with Crippen molar-refractivity contribution in [3.8, 4) is 11.5 Å². The van der Waals surface area contributed by atoms with Crippen molar-refractivity contribution >= 4 is 11.6 Å². The number of amides is 1. The number of nitrogens with two attached hydrogens (primary N) is 1. The third-order valence-electron chi connectivity index (χ3n) is 2.47. The molecule has 0 spiro atoms. The Kier molecular flexibility index (Phi) is 2.96. The van der Waals surface area contributed by atoms with Gasteiger partial charge in [0.1, 0.15) is 11.5 Å². The van der Waals surface area contributed by atoms with Gasteiger partial charge in [0.2, 0.25) is 5.91 Å². The van der Waals surface area contributed by atoms with E-state index in [1.165, 1.54) is 0 Å². The van der Waals surface area contributed by atoms with Crippen LogP contribution in [0.15, 0.2) is 18.2 Å². The summed E-state index contributed by atoms with van der Waals surface area (Å²) in [6.45, 7) is 0.438. The molecule has 0 aromatic heterocycles. The molecule has 0 aliphatic carbocycles. The maximum absolute atomic E-state index is 11.6. The maximum Gasteiger partial charge on any atom is 0.241 e. The molecule has 1 aliphatic heterocycles. The Morgan fingerprint density at radius 1 is 1.56 bits per heavy atom. The van der Waals surface area contributed by atoms with Crippen LogP contribution in [0.3, 0.4) is 0 Å². The number of carbonyl (C=O) groups is 1. The summed E-state index contributed by atoms with van der Waals surface area (Å²) in [5.41, 5.74) is 6.25. The minimum atomic E-state index is -0.528. The molecule has 0 bridgehead atoms. The Bertz CT molecular complexity index is 406. The highest BCUT2D eigenvalue weighted by Crippen LogP contribution is 2.30. The SMILES string of the molecule is COc1ccc2c(c1)NC(=O)C(N)CCO2. The number of rotatable bonds is 1. The molecule has 0 fully saturated rings. The lowest BCUT2D eigenvalue weighted by molar-refractivity contribution is -0.117. The molecule has 86 valence electrons. The largest absolute Gasteiger partial charge is 0.497 e. The van der Waals surface area contributed by atoms with Crippen LogP contribution in [0.25, 0.3) is 0 Å². The van der Waals surface area contributed by atoms with E-state index in [9.17, 15) is 4.79 Å². The van der Waals surface area contributed by atoms with Gasteiger partial charge in [0.05, 0.1) is 25.4 Å². The van der Waals surface area contributed by atoms with Gasteiger partial charge in [-0.2, -0.15) is 0 Å². The first-order valence-corrected chi connectivity index (χ1v) is 5.08. The molecule has 1 atom stereocenters. The second kappa shape index (κ2) is 4.40. The van der Waals surface area contributed by atoms with Gasteiger partial charge in [-0.25, -0.2) is 0 Å². The van der Waals surface area contributed by atoms with Crippen LogP contribution in [0.5, 0.6) is 11.5 Å². The minimum Gasteiger partial charge on any atom is -0.497 e. The number of carbonyl (C=O) groups excluding carboxylic acids is 1. The molecular formula is C11H14N2O3. The second-order valence-corrected chi connectivity index (χ2v) is 3.59. The summed E-state index contributed by atoms with van der Waals surface area (Å²) in [6, 6.07) is 4.74. The third kappa shape index (κ3) is 2.09. The van der Waals surface area contributed by atoms with Gasteiger partial charge in [-0.3, -0.25) is 4.79 Å². The van der Waals surface area contributed by atoms with Gasteiger partial charge in [-0.15, -0.1) is 0 Å². The number of anilines is 1. The first kappa shape index (κ1) is 10.8. The fourth-order valence-corrected chi connectivity index (χ4v) is 1.51. The van der Waals surface area contributed by atoms with E-state index in [0.717, 1.165) is 0 Å². The Hall–Kier alpha value is -1.75. The number of methoxy groups -OCH3 is 1. The van der Waals surface area contributed by atoms with Gasteiger partial charge < -0.3 is 20.5 Å². The molecule has 0 saturated carbocycles. The monoisotopic (exact) mass is 222 g/mol. The molecule has 16 heavy (non-hydrogen) atoms. The second-order valence-electron chi connectivity index (χ2n) is 3.59. The summed E-state index contributed by atoms with van der Waals surface area (Å²) in [5.74, 6) is 1.11. The van der Waals surface area contributed by atoms with Gasteiger partial charge in [0, 0.05) is 12.5 Å². The van der Waals surface area contributed by atoms with Crippen LogP contribution in [0.1, 0.15) is 6.42 Å². The minimum absolute atomic E-state index is 0.196. The molecule has 1 aromatic carbocycles. The quantitative estimate of drug-likeness (QED) is 0.735. The zero-order chi connectivity index (χ0) is 11.5. The standard InChI is InChI=1S/C11H14N2O3/c1-15-7-2-3-10-9(6-7)13-11(14)8(12)4-5-16-10/h2-3,6,8H,4-5,12H2,1H3,(H,13,14). The summed E-state index contributed by atoms with van der Waals surface area (Å²) in [5, 5.41) is 2.72. The summed E-state index contributed by atoms with van der Waals surface area (Å²) < 4.78 is 10.6. The molecule has 1 amide bonds. The van der Waals surface area contributed by atoms with E-state index in [-0.39, 0.29) is 5.91 Å². The Morgan fingerprint density at radius 3 is 3.12 bits per heavy atom. The molecule has 3 N–H and O–H groups in total. The van der Waals surface area contributed by atoms with E-state index >= 15 is 0 Å². The van der Waals surface area contributed by atoms with Crippen LogP contribution < -0.4 is 20.5 Å². The van der Waals surface area contributed by atoms with Crippen molar-refractivity contribution in [2.24, 2.45) is 5.73 Å². The summed E-state index contributed by atoms with van der Waals surface area (Å²) in [4.78, 5) is 11.6. The fraction of sp³-hybridized carbons (Fsp3) is 0.364. The van der Waals surface area contributed by atoms with Gasteiger partial charge in [0.15, 0.2) is 0 Å². The van der Waals surface area contributed by atoms with E-state index in [4.69, 9.17) is 15.2 Å². The van der Waals surface area contributed by atoms with Crippen molar-refractivity contribution in [3.63, 3.8) is 0 Å². The first-order valence-electron chi connectivity index (χ1n) is 5.08. The Morgan fingerprint density at radius 2 is 2.38 bits per heavy atom. The number of nitrogens with one attached hydrogen (secondary N) is 1. The lowest BCUT2D eigenvalue weighted by atomic mass is 10.2. The predicted molar refractivity (Wildman–Crippen MR) is 59.7 cm³/mol. The zero-order valence-electron chi connectivity index (χ0n) is 9.03. The van der Waals surface area contributed by atoms with Crippen molar-refractivity contribution in [2.45, 2.75) is 12.5 Å². The normalized spacial score (nSPS) is 19.9. The molecule has 1 unspecified atom stereocenters. The van der Waals surface area contributed by atoms with Crippen molar-refractivity contribution in [1.82, 2.24) is 0 Å². The van der Waals surface area contributed by atoms with Crippen molar-refractivity contribution in [1.29, 1.82) is 0 Å². The average Bonchev–Trinajstić information content (AvgIpc) is 2.28. The van der Waals surface area contributed by atoms with Crippen LogP contribution in [0, 0.1) is 0 Å². The average molecular weight is 222 g/mol. The molecule has 1 heterocycles. The number of hydrogen-bond acceptors (Lipinski definition) is 4. The van der Waals surface area contributed by atoms with Crippen LogP contribution in [-0.2, 0) is 4.79 Å². The van der Waals surface area contributed by atoms with E-state index in [1.807, 2.05) is 0 Å². The molecule has 5 heteroatoms. The zero-order valence-corrected chi connectivity index (χ0v) is 9.03. The van der Waals surface area contributed by atoms with Crippen LogP contribution in [0.4, 0.5) is 5.69 Å². The highest BCUT2D eigenvalue weighted by Gasteiger charge is 2.19. The molecule has 2 rings (SSSR count). The summed E-state index contributed by atoms with van der Waals surface area (Å²) >= 11 is 0. The van der Waals surface area contributed by atoms with Gasteiger partial charge >= 0.3 is 0 Å². The highest BCUT2D eigenvalue weighted by molar-refractivity contribution is 5.96. The molecule has 0 saturated heterocycles. The molecule has 1 aliphatic rings. The van der Waals surface area contributed by atoms with E-state index in [0.29, 0.717) is 30.2 Å².